The van der Waals surface area contributed by atoms with E-state index in [1.165, 1.54) is 32.4 Å². The maximum Gasteiger partial charge on any atom is 0.314 e. The summed E-state index contributed by atoms with van der Waals surface area (Å²) in [6.07, 6.45) is 0. The van der Waals surface area contributed by atoms with Crippen LogP contribution in [0.15, 0.2) is 36.4 Å². The first kappa shape index (κ1) is 20.8. The van der Waals surface area contributed by atoms with E-state index in [0.717, 1.165) is 5.56 Å². The lowest BCUT2D eigenvalue weighted by atomic mass is 10.1. The van der Waals surface area contributed by atoms with Gasteiger partial charge in [-0.2, -0.15) is 0 Å². The topological polar surface area (TPSA) is 109 Å². The fourth-order valence-electron chi connectivity index (χ4n) is 2.57. The van der Waals surface area contributed by atoms with E-state index >= 15 is 0 Å². The van der Waals surface area contributed by atoms with E-state index in [0.29, 0.717) is 17.2 Å². The van der Waals surface area contributed by atoms with Crippen molar-refractivity contribution >= 4 is 11.6 Å². The number of nitro benzene ring substituents is 1. The van der Waals surface area contributed by atoms with Crippen molar-refractivity contribution in [3.8, 4) is 23.0 Å². The average molecular weight is 390 g/mol. The number of nitrogens with zero attached hydrogens (tertiary/aromatic N) is 1. The molecule has 28 heavy (non-hydrogen) atoms. The largest absolute Gasteiger partial charge is 0.497 e. The molecule has 0 bridgehead atoms. The average Bonchev–Trinajstić information content (AvgIpc) is 2.71. The van der Waals surface area contributed by atoms with Crippen LogP contribution in [0.25, 0.3) is 0 Å². The molecule has 0 saturated carbocycles. The van der Waals surface area contributed by atoms with Crippen molar-refractivity contribution in [3.05, 3.63) is 52.1 Å². The fraction of sp³-hybridized carbons (Fsp3) is 0.316. The second-order valence-corrected chi connectivity index (χ2v) is 5.78. The Morgan fingerprint density at radius 2 is 1.64 bits per heavy atom. The molecule has 0 aliphatic carbocycles. The van der Waals surface area contributed by atoms with Crippen LogP contribution in [0.3, 0.4) is 0 Å². The van der Waals surface area contributed by atoms with Crippen molar-refractivity contribution in [2.24, 2.45) is 0 Å². The Kier molecular flexibility index (Phi) is 7.02. The first-order valence-corrected chi connectivity index (χ1v) is 8.36. The van der Waals surface area contributed by atoms with Gasteiger partial charge in [-0.25, -0.2) is 0 Å². The minimum atomic E-state index is -0.598. The highest BCUT2D eigenvalue weighted by molar-refractivity contribution is 5.78. The SMILES string of the molecule is COc1ccc(OC)c([C@@H](C)NC(=O)COc2ccc(OC)cc2[N+](=O)[O-])c1. The van der Waals surface area contributed by atoms with Crippen LogP contribution >= 0.6 is 0 Å². The third-order valence-corrected chi connectivity index (χ3v) is 4.00. The van der Waals surface area contributed by atoms with Gasteiger partial charge in [0.05, 0.1) is 38.4 Å². The van der Waals surface area contributed by atoms with Crippen LogP contribution in [-0.4, -0.2) is 38.8 Å². The molecule has 0 aromatic heterocycles. The minimum absolute atomic E-state index is 0.0208. The van der Waals surface area contributed by atoms with E-state index in [9.17, 15) is 14.9 Å². The fourth-order valence-corrected chi connectivity index (χ4v) is 2.57. The van der Waals surface area contributed by atoms with Gasteiger partial charge >= 0.3 is 5.69 Å². The Hall–Kier alpha value is -3.49. The summed E-state index contributed by atoms with van der Waals surface area (Å²) in [4.78, 5) is 22.8. The first-order chi connectivity index (χ1) is 13.4. The molecule has 0 radical (unpaired) electrons. The normalized spacial score (nSPS) is 11.3. The van der Waals surface area contributed by atoms with E-state index < -0.39 is 16.9 Å². The van der Waals surface area contributed by atoms with Crippen LogP contribution in [0.5, 0.6) is 23.0 Å². The second-order valence-electron chi connectivity index (χ2n) is 5.78. The summed E-state index contributed by atoms with van der Waals surface area (Å²) in [5.41, 5.74) is 0.445. The molecule has 1 atom stereocenters. The van der Waals surface area contributed by atoms with Crippen LogP contribution < -0.4 is 24.3 Å². The van der Waals surface area contributed by atoms with Crippen molar-refractivity contribution in [2.45, 2.75) is 13.0 Å². The highest BCUT2D eigenvalue weighted by Crippen LogP contribution is 2.31. The van der Waals surface area contributed by atoms with Crippen LogP contribution in [0.4, 0.5) is 5.69 Å². The van der Waals surface area contributed by atoms with Crippen LogP contribution in [-0.2, 0) is 4.79 Å². The zero-order valence-electron chi connectivity index (χ0n) is 16.1. The zero-order chi connectivity index (χ0) is 20.7. The van der Waals surface area contributed by atoms with Crippen molar-refractivity contribution in [1.82, 2.24) is 5.32 Å². The van der Waals surface area contributed by atoms with Gasteiger partial charge in [-0.15, -0.1) is 0 Å². The molecule has 0 aliphatic rings. The number of carbonyl (C=O) groups is 1. The molecule has 0 saturated heterocycles. The molecule has 2 rings (SSSR count). The molecule has 1 amide bonds. The summed E-state index contributed by atoms with van der Waals surface area (Å²) in [5, 5.41) is 13.9. The summed E-state index contributed by atoms with van der Waals surface area (Å²) in [5.74, 6) is 1.08. The molecule has 150 valence electrons. The Labute approximate surface area is 162 Å². The summed E-state index contributed by atoms with van der Waals surface area (Å²) < 4.78 is 20.8. The van der Waals surface area contributed by atoms with Crippen molar-refractivity contribution in [1.29, 1.82) is 0 Å². The number of hydrogen-bond acceptors (Lipinski definition) is 7. The molecule has 1 N–H and O–H groups in total. The number of benzene rings is 2. The molecule has 0 aliphatic heterocycles. The van der Waals surface area contributed by atoms with Gasteiger partial charge in [0.1, 0.15) is 17.2 Å². The molecule has 2 aromatic rings. The Morgan fingerprint density at radius 1 is 1.04 bits per heavy atom. The van der Waals surface area contributed by atoms with Gasteiger partial charge in [-0.1, -0.05) is 0 Å². The van der Waals surface area contributed by atoms with Gasteiger partial charge in [0.2, 0.25) is 0 Å². The van der Waals surface area contributed by atoms with E-state index in [1.54, 1.807) is 32.2 Å². The first-order valence-electron chi connectivity index (χ1n) is 8.36. The second kappa shape index (κ2) is 9.45. The number of carbonyl (C=O) groups excluding carboxylic acids is 1. The standard InChI is InChI=1S/C19H22N2O7/c1-12(15-9-13(25-2)5-7-17(15)27-4)20-19(22)11-28-18-8-6-14(26-3)10-16(18)21(23)24/h5-10,12H,11H2,1-4H3,(H,20,22)/t12-/m1/s1. The van der Waals surface area contributed by atoms with Crippen molar-refractivity contribution in [2.75, 3.05) is 27.9 Å². The van der Waals surface area contributed by atoms with E-state index in [1.807, 2.05) is 0 Å². The predicted octanol–water partition coefficient (Wildman–Crippen LogP) is 2.88. The summed E-state index contributed by atoms with van der Waals surface area (Å²) in [6.45, 7) is 1.40. The van der Waals surface area contributed by atoms with Gasteiger partial charge < -0.3 is 24.3 Å². The lowest BCUT2D eigenvalue weighted by Gasteiger charge is -2.18. The molecule has 9 nitrogen and oxygen atoms in total. The van der Waals surface area contributed by atoms with Gasteiger partial charge in [0.25, 0.3) is 5.91 Å². The number of amides is 1. The number of ether oxygens (including phenoxy) is 4. The number of rotatable bonds is 9. The summed E-state index contributed by atoms with van der Waals surface area (Å²) in [6, 6.07) is 9.00. The van der Waals surface area contributed by atoms with Crippen molar-refractivity contribution in [3.63, 3.8) is 0 Å². The third kappa shape index (κ3) is 5.03. The van der Waals surface area contributed by atoms with Gasteiger partial charge in [0.15, 0.2) is 12.4 Å². The van der Waals surface area contributed by atoms with Crippen LogP contribution in [0.1, 0.15) is 18.5 Å². The molecular formula is C19H22N2O7. The number of nitro groups is 1. The monoisotopic (exact) mass is 390 g/mol. The highest BCUT2D eigenvalue weighted by atomic mass is 16.6. The number of methoxy groups -OCH3 is 3. The van der Waals surface area contributed by atoms with Gasteiger partial charge in [-0.05, 0) is 37.3 Å². The molecule has 0 spiro atoms. The molecule has 9 heteroatoms. The number of hydrogen-bond donors (Lipinski definition) is 1. The highest BCUT2D eigenvalue weighted by Gasteiger charge is 2.19. The van der Waals surface area contributed by atoms with Gasteiger partial charge in [0, 0.05) is 5.56 Å². The van der Waals surface area contributed by atoms with Gasteiger partial charge in [-0.3, -0.25) is 14.9 Å². The van der Waals surface area contributed by atoms with E-state index in [-0.39, 0.29) is 18.0 Å². The van der Waals surface area contributed by atoms with Crippen molar-refractivity contribution < 1.29 is 28.7 Å². The Morgan fingerprint density at radius 3 is 2.21 bits per heavy atom. The van der Waals surface area contributed by atoms with E-state index in [2.05, 4.69) is 5.32 Å². The summed E-state index contributed by atoms with van der Waals surface area (Å²) in [7, 11) is 4.48. The number of nitrogens with one attached hydrogen (secondary N) is 1. The zero-order valence-corrected chi connectivity index (χ0v) is 16.1. The molecule has 2 aromatic carbocycles. The molecule has 0 heterocycles. The Balaban J connectivity index is 2.06. The van der Waals surface area contributed by atoms with E-state index in [4.69, 9.17) is 18.9 Å². The maximum absolute atomic E-state index is 12.3. The van der Waals surface area contributed by atoms with Crippen LogP contribution in [0.2, 0.25) is 0 Å². The predicted molar refractivity (Wildman–Crippen MR) is 101 cm³/mol. The summed E-state index contributed by atoms with van der Waals surface area (Å²) >= 11 is 0. The Bertz CT molecular complexity index is 854. The lowest BCUT2D eigenvalue weighted by Crippen LogP contribution is -2.31. The molecule has 0 unspecified atom stereocenters. The quantitative estimate of drug-likeness (QED) is 0.518. The minimum Gasteiger partial charge on any atom is -0.497 e. The lowest BCUT2D eigenvalue weighted by molar-refractivity contribution is -0.385. The van der Waals surface area contributed by atoms with Crippen LogP contribution in [0, 0.1) is 10.1 Å². The third-order valence-electron chi connectivity index (χ3n) is 4.00. The smallest absolute Gasteiger partial charge is 0.314 e. The molecular weight excluding hydrogens is 368 g/mol. The molecule has 0 fully saturated rings. The maximum atomic E-state index is 12.3.